The van der Waals surface area contributed by atoms with Crippen LogP contribution < -0.4 is 0 Å². The van der Waals surface area contributed by atoms with Crippen LogP contribution in [0.4, 0.5) is 0 Å². The number of benzene rings is 1. The van der Waals surface area contributed by atoms with Crippen LogP contribution >= 0.6 is 11.8 Å². The van der Waals surface area contributed by atoms with Gasteiger partial charge in [0.1, 0.15) is 0 Å². The van der Waals surface area contributed by atoms with Crippen molar-refractivity contribution in [3.63, 3.8) is 0 Å². The number of hydrogen-bond acceptors (Lipinski definition) is 3. The second-order valence-electron chi connectivity index (χ2n) is 4.61. The normalized spacial score (nSPS) is 13.0. The van der Waals surface area contributed by atoms with E-state index in [0.717, 1.165) is 5.56 Å². The number of carboxylic acid groups (broad SMARTS) is 1. The molecule has 0 heterocycles. The van der Waals surface area contributed by atoms with Crippen LogP contribution in [0.2, 0.25) is 0 Å². The molecule has 0 aliphatic rings. The molecule has 0 bridgehead atoms. The highest BCUT2D eigenvalue weighted by Gasteiger charge is 2.21. The Morgan fingerprint density at radius 3 is 2.22 bits per heavy atom. The van der Waals surface area contributed by atoms with E-state index in [0.29, 0.717) is 0 Å². The Labute approximate surface area is 113 Å². The molecule has 0 aliphatic carbocycles. The zero-order valence-electron chi connectivity index (χ0n) is 11.4. The standard InChI is InChI=1S/C14H21NO2S/c1-10(2)15(9-14(16)17)11(3)12-5-7-13(18-4)8-6-12/h5-8,10-11H,9H2,1-4H3,(H,16,17). The van der Waals surface area contributed by atoms with Gasteiger partial charge in [-0.15, -0.1) is 11.8 Å². The summed E-state index contributed by atoms with van der Waals surface area (Å²) in [6.45, 7) is 6.17. The van der Waals surface area contributed by atoms with Crippen molar-refractivity contribution < 1.29 is 9.90 Å². The Balaban J connectivity index is 2.86. The number of thioether (sulfide) groups is 1. The molecule has 1 N–H and O–H groups in total. The molecule has 3 nitrogen and oxygen atoms in total. The van der Waals surface area contributed by atoms with Crippen LogP contribution in [0.15, 0.2) is 29.2 Å². The molecule has 0 saturated carbocycles. The maximum absolute atomic E-state index is 10.9. The number of rotatable bonds is 6. The minimum absolute atomic E-state index is 0.0725. The van der Waals surface area contributed by atoms with Crippen molar-refractivity contribution >= 4 is 17.7 Å². The van der Waals surface area contributed by atoms with Crippen molar-refractivity contribution in [2.75, 3.05) is 12.8 Å². The summed E-state index contributed by atoms with van der Waals surface area (Å²) >= 11 is 1.71. The number of carbonyl (C=O) groups is 1. The molecule has 1 unspecified atom stereocenters. The molecule has 1 aromatic rings. The summed E-state index contributed by atoms with van der Waals surface area (Å²) < 4.78 is 0. The smallest absolute Gasteiger partial charge is 0.317 e. The van der Waals surface area contributed by atoms with E-state index in [1.807, 2.05) is 25.0 Å². The van der Waals surface area contributed by atoms with Gasteiger partial charge in [-0.05, 0) is 44.7 Å². The van der Waals surface area contributed by atoms with Gasteiger partial charge in [0.15, 0.2) is 0 Å². The molecule has 0 saturated heterocycles. The molecule has 100 valence electrons. The maximum atomic E-state index is 10.9. The highest BCUT2D eigenvalue weighted by Crippen LogP contribution is 2.24. The predicted molar refractivity (Wildman–Crippen MR) is 76.1 cm³/mol. The molecule has 1 rings (SSSR count). The molecule has 0 aliphatic heterocycles. The number of hydrogen-bond donors (Lipinski definition) is 1. The first-order valence-corrected chi connectivity index (χ1v) is 7.29. The zero-order valence-corrected chi connectivity index (χ0v) is 12.2. The van der Waals surface area contributed by atoms with Crippen molar-refractivity contribution in [1.82, 2.24) is 4.90 Å². The van der Waals surface area contributed by atoms with Crippen molar-refractivity contribution in [3.05, 3.63) is 29.8 Å². The van der Waals surface area contributed by atoms with Crippen molar-refractivity contribution in [2.24, 2.45) is 0 Å². The molecule has 18 heavy (non-hydrogen) atoms. The summed E-state index contributed by atoms with van der Waals surface area (Å²) in [6, 6.07) is 8.63. The fraction of sp³-hybridized carbons (Fsp3) is 0.500. The average Bonchev–Trinajstić information content (AvgIpc) is 2.34. The fourth-order valence-electron chi connectivity index (χ4n) is 2.00. The lowest BCUT2D eigenvalue weighted by Crippen LogP contribution is -2.37. The summed E-state index contributed by atoms with van der Waals surface area (Å²) in [5, 5.41) is 8.97. The fourth-order valence-corrected chi connectivity index (χ4v) is 2.41. The molecule has 0 aromatic heterocycles. The van der Waals surface area contributed by atoms with Crippen molar-refractivity contribution in [1.29, 1.82) is 0 Å². The Morgan fingerprint density at radius 2 is 1.83 bits per heavy atom. The van der Waals surface area contributed by atoms with Gasteiger partial charge in [0, 0.05) is 17.0 Å². The number of aliphatic carboxylic acids is 1. The first-order valence-electron chi connectivity index (χ1n) is 6.07. The highest BCUT2D eigenvalue weighted by molar-refractivity contribution is 7.98. The van der Waals surface area contributed by atoms with Crippen LogP contribution in [-0.4, -0.2) is 34.8 Å². The third kappa shape index (κ3) is 4.03. The molecule has 4 heteroatoms. The Hall–Kier alpha value is -1.00. The molecular weight excluding hydrogens is 246 g/mol. The van der Waals surface area contributed by atoms with Crippen LogP contribution in [0.5, 0.6) is 0 Å². The first kappa shape index (κ1) is 15.1. The Kier molecular flexibility index (Phi) is 5.69. The van der Waals surface area contributed by atoms with Crippen LogP contribution in [0, 0.1) is 0 Å². The van der Waals surface area contributed by atoms with Gasteiger partial charge in [-0.1, -0.05) is 12.1 Å². The van der Waals surface area contributed by atoms with E-state index in [2.05, 4.69) is 31.2 Å². The predicted octanol–water partition coefficient (Wildman–Crippen LogP) is 3.26. The minimum Gasteiger partial charge on any atom is -0.480 e. The second kappa shape index (κ2) is 6.81. The zero-order chi connectivity index (χ0) is 13.7. The Bertz CT molecular complexity index is 389. The first-order chi connectivity index (χ1) is 8.45. The summed E-state index contributed by atoms with van der Waals surface area (Å²) in [5.74, 6) is -0.781. The van der Waals surface area contributed by atoms with Gasteiger partial charge in [-0.3, -0.25) is 9.69 Å². The van der Waals surface area contributed by atoms with Crippen LogP contribution in [0.25, 0.3) is 0 Å². The molecular formula is C14H21NO2S. The lowest BCUT2D eigenvalue weighted by Gasteiger charge is -2.31. The maximum Gasteiger partial charge on any atom is 0.317 e. The number of carboxylic acids is 1. The van der Waals surface area contributed by atoms with E-state index < -0.39 is 5.97 Å². The molecule has 1 aromatic carbocycles. The summed E-state index contributed by atoms with van der Waals surface area (Å²) in [6.07, 6.45) is 2.04. The van der Waals surface area contributed by atoms with Gasteiger partial charge in [0.25, 0.3) is 0 Å². The van der Waals surface area contributed by atoms with Crippen LogP contribution in [-0.2, 0) is 4.79 Å². The average molecular weight is 267 g/mol. The van der Waals surface area contributed by atoms with Crippen molar-refractivity contribution in [2.45, 2.75) is 37.8 Å². The van der Waals surface area contributed by atoms with Gasteiger partial charge in [0.2, 0.25) is 0 Å². The summed E-state index contributed by atoms with van der Waals surface area (Å²) in [5.41, 5.74) is 1.16. The third-order valence-electron chi connectivity index (χ3n) is 3.08. The second-order valence-corrected chi connectivity index (χ2v) is 5.49. The lowest BCUT2D eigenvalue weighted by atomic mass is 10.1. The summed E-state index contributed by atoms with van der Waals surface area (Å²) in [4.78, 5) is 14.1. The largest absolute Gasteiger partial charge is 0.480 e. The monoisotopic (exact) mass is 267 g/mol. The molecule has 0 radical (unpaired) electrons. The SMILES string of the molecule is CSc1ccc(C(C)N(CC(=O)O)C(C)C)cc1. The van der Waals surface area contributed by atoms with Gasteiger partial charge in [-0.25, -0.2) is 0 Å². The van der Waals surface area contributed by atoms with E-state index in [4.69, 9.17) is 5.11 Å². The van der Waals surface area contributed by atoms with E-state index in [-0.39, 0.29) is 18.6 Å². The summed E-state index contributed by atoms with van der Waals surface area (Å²) in [7, 11) is 0. The lowest BCUT2D eigenvalue weighted by molar-refractivity contribution is -0.139. The molecule has 1 atom stereocenters. The van der Waals surface area contributed by atoms with Gasteiger partial charge in [0.05, 0.1) is 6.54 Å². The minimum atomic E-state index is -0.781. The quantitative estimate of drug-likeness (QED) is 0.803. The van der Waals surface area contributed by atoms with E-state index in [1.165, 1.54) is 4.90 Å². The van der Waals surface area contributed by atoms with Gasteiger partial charge < -0.3 is 5.11 Å². The van der Waals surface area contributed by atoms with Crippen LogP contribution in [0.1, 0.15) is 32.4 Å². The highest BCUT2D eigenvalue weighted by atomic mass is 32.2. The topological polar surface area (TPSA) is 40.5 Å². The molecule has 0 spiro atoms. The number of nitrogens with zero attached hydrogens (tertiary/aromatic N) is 1. The van der Waals surface area contributed by atoms with Crippen LogP contribution in [0.3, 0.4) is 0 Å². The molecule has 0 amide bonds. The van der Waals surface area contributed by atoms with Crippen molar-refractivity contribution in [3.8, 4) is 0 Å². The molecule has 0 fully saturated rings. The van der Waals surface area contributed by atoms with E-state index in [1.54, 1.807) is 11.8 Å². The van der Waals surface area contributed by atoms with Gasteiger partial charge >= 0.3 is 5.97 Å². The van der Waals surface area contributed by atoms with Gasteiger partial charge in [-0.2, -0.15) is 0 Å². The van der Waals surface area contributed by atoms with E-state index in [9.17, 15) is 4.79 Å². The third-order valence-corrected chi connectivity index (χ3v) is 3.82. The Morgan fingerprint density at radius 1 is 1.28 bits per heavy atom. The van der Waals surface area contributed by atoms with E-state index >= 15 is 0 Å².